The molecule has 0 radical (unpaired) electrons. The third-order valence-corrected chi connectivity index (χ3v) is 3.59. The van der Waals surface area contributed by atoms with Crippen LogP contribution in [0.25, 0.3) is 0 Å². The van der Waals surface area contributed by atoms with Crippen molar-refractivity contribution in [2.45, 2.75) is 19.8 Å². The SMILES string of the molecule is CC(=O)c1ccc(N2CCC(C(N)=O)CC2)c(F)c1. The Morgan fingerprint density at radius 1 is 1.32 bits per heavy atom. The minimum absolute atomic E-state index is 0.115. The number of primary amides is 1. The number of benzene rings is 1. The maximum absolute atomic E-state index is 14.0. The fraction of sp³-hybridized carbons (Fsp3) is 0.429. The van der Waals surface area contributed by atoms with E-state index in [1.807, 2.05) is 4.90 Å². The summed E-state index contributed by atoms with van der Waals surface area (Å²) in [5.74, 6) is -0.953. The monoisotopic (exact) mass is 264 g/mol. The zero-order valence-corrected chi connectivity index (χ0v) is 10.9. The lowest BCUT2D eigenvalue weighted by Gasteiger charge is -2.32. The van der Waals surface area contributed by atoms with Gasteiger partial charge in [0, 0.05) is 24.6 Å². The summed E-state index contributed by atoms with van der Waals surface area (Å²) in [6, 6.07) is 4.51. The molecule has 0 unspecified atom stereocenters. The van der Waals surface area contributed by atoms with Gasteiger partial charge in [0.25, 0.3) is 0 Å². The molecular weight excluding hydrogens is 247 g/mol. The molecule has 1 aliphatic heterocycles. The molecule has 102 valence electrons. The number of hydrogen-bond acceptors (Lipinski definition) is 3. The molecule has 1 aliphatic rings. The molecule has 5 heteroatoms. The molecule has 2 rings (SSSR count). The number of ketones is 1. The van der Waals surface area contributed by atoms with Gasteiger partial charge in [-0.1, -0.05) is 0 Å². The maximum Gasteiger partial charge on any atom is 0.220 e. The third kappa shape index (κ3) is 2.92. The van der Waals surface area contributed by atoms with Gasteiger partial charge in [0.05, 0.1) is 5.69 Å². The predicted octanol–water partition coefficient (Wildman–Crippen LogP) is 1.73. The van der Waals surface area contributed by atoms with Crippen LogP contribution in [0, 0.1) is 11.7 Å². The third-order valence-electron chi connectivity index (χ3n) is 3.59. The van der Waals surface area contributed by atoms with Crippen LogP contribution < -0.4 is 10.6 Å². The number of Topliss-reactive ketones (excluding diaryl/α,β-unsaturated/α-hetero) is 1. The second-order valence-electron chi connectivity index (χ2n) is 4.89. The molecular formula is C14H17FN2O2. The Kier molecular flexibility index (Phi) is 3.83. The average Bonchev–Trinajstić information content (AvgIpc) is 2.38. The number of halogens is 1. The summed E-state index contributed by atoms with van der Waals surface area (Å²) in [6.07, 6.45) is 1.28. The van der Waals surface area contributed by atoms with E-state index in [1.165, 1.54) is 13.0 Å². The van der Waals surface area contributed by atoms with E-state index in [9.17, 15) is 14.0 Å². The molecule has 1 aromatic rings. The number of piperidine rings is 1. The van der Waals surface area contributed by atoms with Gasteiger partial charge in [-0.05, 0) is 38.0 Å². The van der Waals surface area contributed by atoms with Gasteiger partial charge in [0.2, 0.25) is 5.91 Å². The normalized spacial score (nSPS) is 16.4. The van der Waals surface area contributed by atoms with E-state index in [2.05, 4.69) is 0 Å². The molecule has 0 saturated carbocycles. The summed E-state index contributed by atoms with van der Waals surface area (Å²) in [4.78, 5) is 24.1. The zero-order valence-electron chi connectivity index (χ0n) is 10.9. The van der Waals surface area contributed by atoms with Crippen LogP contribution in [0.15, 0.2) is 18.2 Å². The molecule has 0 aromatic heterocycles. The first kappa shape index (κ1) is 13.5. The van der Waals surface area contributed by atoms with Crippen LogP contribution in [0.5, 0.6) is 0 Å². The Labute approximate surface area is 111 Å². The van der Waals surface area contributed by atoms with Gasteiger partial charge in [-0.15, -0.1) is 0 Å². The second-order valence-corrected chi connectivity index (χ2v) is 4.89. The van der Waals surface area contributed by atoms with E-state index < -0.39 is 5.82 Å². The molecule has 1 fully saturated rings. The van der Waals surface area contributed by atoms with Crippen LogP contribution in [0.4, 0.5) is 10.1 Å². The van der Waals surface area contributed by atoms with E-state index in [0.29, 0.717) is 37.2 Å². The first-order valence-electron chi connectivity index (χ1n) is 6.34. The van der Waals surface area contributed by atoms with Crippen molar-refractivity contribution in [2.75, 3.05) is 18.0 Å². The summed E-state index contributed by atoms with van der Waals surface area (Å²) in [5, 5.41) is 0. The molecule has 0 aliphatic carbocycles. The van der Waals surface area contributed by atoms with Gasteiger partial charge in [-0.2, -0.15) is 0 Å². The highest BCUT2D eigenvalue weighted by atomic mass is 19.1. The second kappa shape index (κ2) is 5.38. The van der Waals surface area contributed by atoms with Crippen LogP contribution in [0.1, 0.15) is 30.1 Å². The van der Waals surface area contributed by atoms with Crippen molar-refractivity contribution in [3.8, 4) is 0 Å². The van der Waals surface area contributed by atoms with Crippen LogP contribution in [0.3, 0.4) is 0 Å². The van der Waals surface area contributed by atoms with Crippen LogP contribution >= 0.6 is 0 Å². The molecule has 2 N–H and O–H groups in total. The predicted molar refractivity (Wildman–Crippen MR) is 70.5 cm³/mol. The number of carbonyl (C=O) groups is 2. The topological polar surface area (TPSA) is 63.4 Å². The Morgan fingerprint density at radius 3 is 2.42 bits per heavy atom. The molecule has 19 heavy (non-hydrogen) atoms. The Morgan fingerprint density at radius 2 is 1.95 bits per heavy atom. The maximum atomic E-state index is 14.0. The lowest BCUT2D eigenvalue weighted by Crippen LogP contribution is -2.38. The zero-order chi connectivity index (χ0) is 14.0. The van der Waals surface area contributed by atoms with E-state index in [0.717, 1.165) is 0 Å². The van der Waals surface area contributed by atoms with Gasteiger partial charge < -0.3 is 10.6 Å². The van der Waals surface area contributed by atoms with E-state index >= 15 is 0 Å². The number of nitrogens with zero attached hydrogens (tertiary/aromatic N) is 1. The van der Waals surface area contributed by atoms with Gasteiger partial charge in [-0.3, -0.25) is 9.59 Å². The number of amides is 1. The standard InChI is InChI=1S/C14H17FN2O2/c1-9(18)11-2-3-13(12(15)8-11)17-6-4-10(5-7-17)14(16)19/h2-3,8,10H,4-7H2,1H3,(H2,16,19). The van der Waals surface area contributed by atoms with Gasteiger partial charge in [-0.25, -0.2) is 4.39 Å². The number of anilines is 1. The minimum atomic E-state index is -0.398. The molecule has 0 bridgehead atoms. The van der Waals surface area contributed by atoms with Gasteiger partial charge in [0.1, 0.15) is 5.82 Å². The van der Waals surface area contributed by atoms with E-state index in [4.69, 9.17) is 5.73 Å². The molecule has 1 saturated heterocycles. The smallest absolute Gasteiger partial charge is 0.220 e. The number of rotatable bonds is 3. The summed E-state index contributed by atoms with van der Waals surface area (Å²) < 4.78 is 14.0. The minimum Gasteiger partial charge on any atom is -0.369 e. The largest absolute Gasteiger partial charge is 0.369 e. The molecule has 1 amide bonds. The average molecular weight is 264 g/mol. The van der Waals surface area contributed by atoms with Crippen LogP contribution in [-0.2, 0) is 4.79 Å². The molecule has 4 nitrogen and oxygen atoms in total. The summed E-state index contributed by atoms with van der Waals surface area (Å²) >= 11 is 0. The highest BCUT2D eigenvalue weighted by Gasteiger charge is 2.24. The molecule has 1 heterocycles. The van der Waals surface area contributed by atoms with Crippen molar-refractivity contribution in [1.82, 2.24) is 0 Å². The summed E-state index contributed by atoms with van der Waals surface area (Å²) in [7, 11) is 0. The van der Waals surface area contributed by atoms with E-state index in [1.54, 1.807) is 12.1 Å². The highest BCUT2D eigenvalue weighted by molar-refractivity contribution is 5.94. The van der Waals surface area contributed by atoms with Crippen molar-refractivity contribution in [3.63, 3.8) is 0 Å². The summed E-state index contributed by atoms with van der Waals surface area (Å²) in [5.41, 5.74) is 6.11. The van der Waals surface area contributed by atoms with Crippen molar-refractivity contribution >= 4 is 17.4 Å². The lowest BCUT2D eigenvalue weighted by molar-refractivity contribution is -0.122. The highest BCUT2D eigenvalue weighted by Crippen LogP contribution is 2.26. The summed E-state index contributed by atoms with van der Waals surface area (Å²) in [6.45, 7) is 2.61. The van der Waals surface area contributed by atoms with Crippen molar-refractivity contribution < 1.29 is 14.0 Å². The number of nitrogens with two attached hydrogens (primary N) is 1. The first-order valence-corrected chi connectivity index (χ1v) is 6.34. The number of hydrogen-bond donors (Lipinski definition) is 1. The van der Waals surface area contributed by atoms with Gasteiger partial charge in [0.15, 0.2) is 5.78 Å². The Hall–Kier alpha value is -1.91. The molecule has 1 aromatic carbocycles. The fourth-order valence-corrected chi connectivity index (χ4v) is 2.39. The van der Waals surface area contributed by atoms with Crippen molar-refractivity contribution in [1.29, 1.82) is 0 Å². The van der Waals surface area contributed by atoms with Crippen LogP contribution in [-0.4, -0.2) is 24.8 Å². The van der Waals surface area contributed by atoms with Crippen molar-refractivity contribution in [3.05, 3.63) is 29.6 Å². The fourth-order valence-electron chi connectivity index (χ4n) is 2.39. The Bertz CT molecular complexity index is 508. The molecule has 0 spiro atoms. The quantitative estimate of drug-likeness (QED) is 0.846. The Balaban J connectivity index is 2.11. The van der Waals surface area contributed by atoms with Crippen molar-refractivity contribution in [2.24, 2.45) is 11.7 Å². The van der Waals surface area contributed by atoms with Crippen LogP contribution in [0.2, 0.25) is 0 Å². The molecule has 0 atom stereocenters. The van der Waals surface area contributed by atoms with Gasteiger partial charge >= 0.3 is 0 Å². The number of carbonyl (C=O) groups excluding carboxylic acids is 2. The lowest BCUT2D eigenvalue weighted by atomic mass is 9.96. The van der Waals surface area contributed by atoms with E-state index in [-0.39, 0.29) is 17.6 Å². The first-order chi connectivity index (χ1) is 8.99.